The molecule has 0 bridgehead atoms. The van der Waals surface area contributed by atoms with Gasteiger partial charge in [-0.1, -0.05) is 6.07 Å². The second kappa shape index (κ2) is 8.89. The summed E-state index contributed by atoms with van der Waals surface area (Å²) >= 11 is 0. The lowest BCUT2D eigenvalue weighted by molar-refractivity contribution is 0.0166. The van der Waals surface area contributed by atoms with E-state index in [1.165, 1.54) is 6.42 Å². The van der Waals surface area contributed by atoms with E-state index in [-0.39, 0.29) is 0 Å². The molecule has 0 aromatic carbocycles. The Balaban J connectivity index is 1.46. The molecule has 0 saturated carbocycles. The molecule has 1 unspecified atom stereocenters. The van der Waals surface area contributed by atoms with Gasteiger partial charge in [0.05, 0.1) is 19.8 Å². The minimum absolute atomic E-state index is 0.327. The number of pyridine rings is 1. The van der Waals surface area contributed by atoms with Crippen LogP contribution < -0.4 is 10.1 Å². The first-order chi connectivity index (χ1) is 9.88. The Hall–Kier alpha value is -1.17. The summed E-state index contributed by atoms with van der Waals surface area (Å²) in [6, 6.07) is 3.90. The smallest absolute Gasteiger partial charge is 0.212 e. The monoisotopic (exact) mass is 280 g/mol. The third-order valence-corrected chi connectivity index (χ3v) is 3.31. The first-order valence-electron chi connectivity index (χ1n) is 7.27. The van der Waals surface area contributed by atoms with Crippen molar-refractivity contribution >= 4 is 0 Å². The first kappa shape index (κ1) is 15.2. The van der Waals surface area contributed by atoms with Crippen molar-refractivity contribution < 1.29 is 14.2 Å². The maximum Gasteiger partial charge on any atom is 0.212 e. The average Bonchev–Trinajstić information content (AvgIpc) is 3.00. The molecule has 20 heavy (non-hydrogen) atoms. The minimum atomic E-state index is 0.327. The second-order valence-electron chi connectivity index (χ2n) is 4.95. The molecule has 0 spiro atoms. The van der Waals surface area contributed by atoms with Crippen molar-refractivity contribution in [2.24, 2.45) is 0 Å². The number of aromatic nitrogens is 1. The van der Waals surface area contributed by atoms with Crippen molar-refractivity contribution in [3.05, 3.63) is 23.9 Å². The zero-order valence-electron chi connectivity index (χ0n) is 12.1. The van der Waals surface area contributed by atoms with Gasteiger partial charge in [0.15, 0.2) is 0 Å². The molecule has 1 saturated heterocycles. The van der Waals surface area contributed by atoms with Gasteiger partial charge in [-0.05, 0) is 31.4 Å². The summed E-state index contributed by atoms with van der Waals surface area (Å²) in [5.74, 6) is 0.649. The minimum Gasteiger partial charge on any atom is -0.481 e. The molecular weight excluding hydrogens is 256 g/mol. The van der Waals surface area contributed by atoms with Crippen molar-refractivity contribution in [2.45, 2.75) is 31.9 Å². The molecule has 1 aromatic rings. The lowest BCUT2D eigenvalue weighted by atomic mass is 10.2. The first-order valence-corrected chi connectivity index (χ1v) is 7.27. The molecule has 0 aliphatic carbocycles. The predicted octanol–water partition coefficient (Wildman–Crippen LogP) is 1.77. The van der Waals surface area contributed by atoms with Gasteiger partial charge in [0, 0.05) is 32.0 Å². The molecule has 1 atom stereocenters. The molecule has 5 heteroatoms. The molecule has 1 N–H and O–H groups in total. The highest BCUT2D eigenvalue weighted by molar-refractivity contribution is 5.17. The van der Waals surface area contributed by atoms with E-state index >= 15 is 0 Å². The number of methoxy groups -OCH3 is 1. The largest absolute Gasteiger partial charge is 0.481 e. The molecule has 1 aliphatic rings. The summed E-state index contributed by atoms with van der Waals surface area (Å²) in [6.07, 6.45) is 5.48. The lowest BCUT2D eigenvalue weighted by Gasteiger charge is -2.10. The number of nitrogens with one attached hydrogen (secondary N) is 1. The quantitative estimate of drug-likeness (QED) is 0.699. The van der Waals surface area contributed by atoms with Gasteiger partial charge >= 0.3 is 0 Å². The highest BCUT2D eigenvalue weighted by atomic mass is 16.5. The summed E-state index contributed by atoms with van der Waals surface area (Å²) in [7, 11) is 1.62. The Morgan fingerprint density at radius 3 is 3.10 bits per heavy atom. The summed E-state index contributed by atoms with van der Waals surface area (Å²) in [5.41, 5.74) is 1.16. The van der Waals surface area contributed by atoms with Crippen LogP contribution in [0.5, 0.6) is 5.88 Å². The van der Waals surface area contributed by atoms with Crippen LogP contribution in [0.2, 0.25) is 0 Å². The Kier molecular flexibility index (Phi) is 6.77. The fourth-order valence-corrected chi connectivity index (χ4v) is 2.16. The Labute approximate surface area is 120 Å². The standard InChI is InChI=1S/C15H24N2O3/c1-18-15-6-5-13(11-17-15)10-16-7-3-8-19-12-14-4-2-9-20-14/h5-6,11,14,16H,2-4,7-10,12H2,1H3. The van der Waals surface area contributed by atoms with E-state index in [9.17, 15) is 0 Å². The Morgan fingerprint density at radius 1 is 1.45 bits per heavy atom. The average molecular weight is 280 g/mol. The predicted molar refractivity (Wildman–Crippen MR) is 76.9 cm³/mol. The SMILES string of the molecule is COc1ccc(CNCCCOCC2CCCO2)cn1. The van der Waals surface area contributed by atoms with Crippen LogP contribution in [0.15, 0.2) is 18.3 Å². The van der Waals surface area contributed by atoms with E-state index in [1.807, 2.05) is 18.3 Å². The summed E-state index contributed by atoms with van der Waals surface area (Å²) in [4.78, 5) is 4.17. The molecule has 2 heterocycles. The molecule has 2 rings (SSSR count). The van der Waals surface area contributed by atoms with Gasteiger partial charge in [0.2, 0.25) is 5.88 Å². The molecule has 1 fully saturated rings. The van der Waals surface area contributed by atoms with E-state index in [1.54, 1.807) is 7.11 Å². The van der Waals surface area contributed by atoms with Crippen LogP contribution in [0.25, 0.3) is 0 Å². The fraction of sp³-hybridized carbons (Fsp3) is 0.667. The molecule has 0 amide bonds. The van der Waals surface area contributed by atoms with Gasteiger partial charge in [-0.3, -0.25) is 0 Å². The van der Waals surface area contributed by atoms with Crippen LogP contribution in [0.4, 0.5) is 0 Å². The van der Waals surface area contributed by atoms with Gasteiger partial charge in [-0.15, -0.1) is 0 Å². The highest BCUT2D eigenvalue weighted by Gasteiger charge is 2.14. The topological polar surface area (TPSA) is 52.6 Å². The zero-order chi connectivity index (χ0) is 14.0. The Morgan fingerprint density at radius 2 is 2.40 bits per heavy atom. The third kappa shape index (κ3) is 5.45. The maximum absolute atomic E-state index is 5.61. The summed E-state index contributed by atoms with van der Waals surface area (Å²) < 4.78 is 16.1. The van der Waals surface area contributed by atoms with Crippen LogP contribution in [0.3, 0.4) is 0 Å². The van der Waals surface area contributed by atoms with Crippen molar-refractivity contribution in [1.29, 1.82) is 0 Å². The molecular formula is C15H24N2O3. The number of hydrogen-bond acceptors (Lipinski definition) is 5. The van der Waals surface area contributed by atoms with E-state index in [0.717, 1.165) is 51.3 Å². The number of nitrogens with zero attached hydrogens (tertiary/aromatic N) is 1. The van der Waals surface area contributed by atoms with E-state index in [0.29, 0.717) is 12.0 Å². The molecule has 1 aliphatic heterocycles. The molecule has 1 aromatic heterocycles. The van der Waals surface area contributed by atoms with Gasteiger partial charge in [0.25, 0.3) is 0 Å². The summed E-state index contributed by atoms with van der Waals surface area (Å²) in [6.45, 7) is 4.18. The summed E-state index contributed by atoms with van der Waals surface area (Å²) in [5, 5.41) is 3.38. The number of ether oxygens (including phenoxy) is 3. The van der Waals surface area contributed by atoms with Crippen LogP contribution in [0.1, 0.15) is 24.8 Å². The normalized spacial score (nSPS) is 18.4. The maximum atomic E-state index is 5.61. The van der Waals surface area contributed by atoms with Crippen molar-refractivity contribution in [3.63, 3.8) is 0 Å². The van der Waals surface area contributed by atoms with E-state index in [4.69, 9.17) is 14.2 Å². The van der Waals surface area contributed by atoms with Gasteiger partial charge < -0.3 is 19.5 Å². The van der Waals surface area contributed by atoms with Gasteiger partial charge in [0.1, 0.15) is 0 Å². The lowest BCUT2D eigenvalue weighted by Crippen LogP contribution is -2.19. The van der Waals surface area contributed by atoms with Crippen LogP contribution in [0, 0.1) is 0 Å². The van der Waals surface area contributed by atoms with Crippen LogP contribution in [-0.4, -0.2) is 44.6 Å². The molecule has 112 valence electrons. The van der Waals surface area contributed by atoms with E-state index in [2.05, 4.69) is 10.3 Å². The highest BCUT2D eigenvalue weighted by Crippen LogP contribution is 2.11. The molecule has 0 radical (unpaired) electrons. The van der Waals surface area contributed by atoms with Crippen molar-refractivity contribution in [2.75, 3.05) is 33.5 Å². The molecule has 5 nitrogen and oxygen atoms in total. The zero-order valence-corrected chi connectivity index (χ0v) is 12.1. The van der Waals surface area contributed by atoms with Crippen molar-refractivity contribution in [3.8, 4) is 5.88 Å². The second-order valence-corrected chi connectivity index (χ2v) is 4.95. The number of hydrogen-bond donors (Lipinski definition) is 1. The van der Waals surface area contributed by atoms with E-state index < -0.39 is 0 Å². The van der Waals surface area contributed by atoms with Gasteiger partial charge in [-0.2, -0.15) is 0 Å². The fourth-order valence-electron chi connectivity index (χ4n) is 2.16. The van der Waals surface area contributed by atoms with Crippen molar-refractivity contribution in [1.82, 2.24) is 10.3 Å². The van der Waals surface area contributed by atoms with Crippen LogP contribution in [-0.2, 0) is 16.0 Å². The Bertz CT molecular complexity index is 364. The van der Waals surface area contributed by atoms with Crippen LogP contribution >= 0.6 is 0 Å². The van der Waals surface area contributed by atoms with Gasteiger partial charge in [-0.25, -0.2) is 4.98 Å². The third-order valence-electron chi connectivity index (χ3n) is 3.31. The number of rotatable bonds is 9.